The molecule has 0 spiro atoms. The zero-order valence-corrected chi connectivity index (χ0v) is 19.8. The molecule has 178 valence electrons. The van der Waals surface area contributed by atoms with E-state index in [4.69, 9.17) is 5.10 Å². The van der Waals surface area contributed by atoms with E-state index in [1.807, 2.05) is 4.68 Å². The van der Waals surface area contributed by atoms with Crippen LogP contribution < -0.4 is 10.2 Å². The molecule has 33 heavy (non-hydrogen) atoms. The summed E-state index contributed by atoms with van der Waals surface area (Å²) in [5, 5.41) is 9.27. The Morgan fingerprint density at radius 2 is 1.79 bits per heavy atom. The van der Waals surface area contributed by atoms with Gasteiger partial charge >= 0.3 is 0 Å². The number of carbonyl (C=O) groups is 1. The van der Waals surface area contributed by atoms with Gasteiger partial charge in [0.2, 0.25) is 5.91 Å². The number of fused-ring (bicyclic) bond motifs is 1. The molecule has 1 saturated heterocycles. The van der Waals surface area contributed by atoms with E-state index in [9.17, 15) is 4.79 Å². The molecule has 1 aromatic heterocycles. The highest BCUT2D eigenvalue weighted by atomic mass is 16.1. The molecule has 2 heterocycles. The topological polar surface area (TPSA) is 53.4 Å². The first kappa shape index (κ1) is 24.8. The third kappa shape index (κ3) is 5.74. The lowest BCUT2D eigenvalue weighted by Gasteiger charge is -2.33. The van der Waals surface area contributed by atoms with Crippen LogP contribution in [0.1, 0.15) is 37.8 Å². The fourth-order valence-electron chi connectivity index (χ4n) is 4.44. The molecule has 3 aromatic rings. The van der Waals surface area contributed by atoms with Crippen molar-refractivity contribution >= 4 is 22.5 Å². The van der Waals surface area contributed by atoms with Crippen LogP contribution >= 0.6 is 0 Å². The number of piperidine rings is 1. The van der Waals surface area contributed by atoms with Gasteiger partial charge < -0.3 is 15.1 Å². The van der Waals surface area contributed by atoms with E-state index >= 15 is 0 Å². The molecule has 0 bridgehead atoms. The summed E-state index contributed by atoms with van der Waals surface area (Å²) in [5.74, 6) is 0.317. The van der Waals surface area contributed by atoms with Crippen molar-refractivity contribution in [3.05, 3.63) is 53.7 Å². The fourth-order valence-corrected chi connectivity index (χ4v) is 4.44. The Balaban J connectivity index is 0.00000306. The molecule has 2 aromatic carbocycles. The number of anilines is 1. The van der Waals surface area contributed by atoms with Gasteiger partial charge in [-0.1, -0.05) is 31.2 Å². The Bertz CT molecular complexity index is 1060. The summed E-state index contributed by atoms with van der Waals surface area (Å²) in [6, 6.07) is 12.8. The number of aromatic nitrogens is 2. The number of rotatable bonds is 7. The van der Waals surface area contributed by atoms with Crippen LogP contribution in [0.3, 0.4) is 0 Å². The molecule has 0 unspecified atom stereocenters. The van der Waals surface area contributed by atoms with Gasteiger partial charge in [-0.2, -0.15) is 5.10 Å². The van der Waals surface area contributed by atoms with Crippen LogP contribution in [0, 0.1) is 19.8 Å². The van der Waals surface area contributed by atoms with E-state index in [1.165, 1.54) is 22.2 Å². The number of benzene rings is 2. The molecule has 1 N–H and O–H groups in total. The Morgan fingerprint density at radius 3 is 2.45 bits per heavy atom. The van der Waals surface area contributed by atoms with Crippen molar-refractivity contribution in [2.45, 2.75) is 40.5 Å². The standard InChI is InChI=1S/C26H35N5O.CH4/c1-19-6-9-22(10-7-19)31-18-23-20(2)8-11-24(25(23)28-31)30-16-12-21(13-17-30)26(32)27-14-5-15-29(3)4;/h6-11,18,21H,5,12-17H2,1-4H3,(H,27,32);1H4. The van der Waals surface area contributed by atoms with Gasteiger partial charge in [-0.25, -0.2) is 4.68 Å². The van der Waals surface area contributed by atoms with Gasteiger partial charge in [-0.15, -0.1) is 0 Å². The molecule has 0 radical (unpaired) electrons. The lowest BCUT2D eigenvalue weighted by molar-refractivity contribution is -0.125. The minimum atomic E-state index is 0. The lowest BCUT2D eigenvalue weighted by atomic mass is 9.95. The minimum absolute atomic E-state index is 0. The van der Waals surface area contributed by atoms with Crippen molar-refractivity contribution in [1.29, 1.82) is 0 Å². The van der Waals surface area contributed by atoms with Crippen molar-refractivity contribution in [3.63, 3.8) is 0 Å². The van der Waals surface area contributed by atoms with Crippen LogP contribution in [0.25, 0.3) is 16.6 Å². The van der Waals surface area contributed by atoms with Crippen molar-refractivity contribution in [2.24, 2.45) is 5.92 Å². The maximum Gasteiger partial charge on any atom is 0.223 e. The summed E-state index contributed by atoms with van der Waals surface area (Å²) in [6.07, 6.45) is 4.89. The van der Waals surface area contributed by atoms with E-state index in [0.717, 1.165) is 56.6 Å². The average molecular weight is 450 g/mol. The lowest BCUT2D eigenvalue weighted by Crippen LogP contribution is -2.41. The molecule has 1 aliphatic rings. The van der Waals surface area contributed by atoms with Crippen molar-refractivity contribution < 1.29 is 4.79 Å². The molecule has 0 atom stereocenters. The van der Waals surface area contributed by atoms with E-state index in [-0.39, 0.29) is 19.3 Å². The predicted octanol–water partition coefficient (Wildman–Crippen LogP) is 4.56. The number of amides is 1. The number of nitrogens with one attached hydrogen (secondary N) is 1. The summed E-state index contributed by atoms with van der Waals surface area (Å²) >= 11 is 0. The van der Waals surface area contributed by atoms with Gasteiger partial charge in [0.25, 0.3) is 0 Å². The van der Waals surface area contributed by atoms with Crippen LogP contribution in [0.2, 0.25) is 0 Å². The molecule has 0 saturated carbocycles. The molecular weight excluding hydrogens is 410 g/mol. The minimum Gasteiger partial charge on any atom is -0.370 e. The first-order valence-corrected chi connectivity index (χ1v) is 11.7. The van der Waals surface area contributed by atoms with Gasteiger partial charge in [0.15, 0.2) is 0 Å². The maximum absolute atomic E-state index is 12.6. The molecule has 1 fully saturated rings. The molecule has 4 rings (SSSR count). The van der Waals surface area contributed by atoms with E-state index < -0.39 is 0 Å². The van der Waals surface area contributed by atoms with Crippen LogP contribution in [-0.4, -0.2) is 60.9 Å². The smallest absolute Gasteiger partial charge is 0.223 e. The second-order valence-corrected chi connectivity index (χ2v) is 9.28. The number of aryl methyl sites for hydroxylation is 2. The summed E-state index contributed by atoms with van der Waals surface area (Å²) in [4.78, 5) is 17.1. The van der Waals surface area contributed by atoms with Gasteiger partial charge in [0.1, 0.15) is 5.52 Å². The Morgan fingerprint density at radius 1 is 1.09 bits per heavy atom. The van der Waals surface area contributed by atoms with E-state index in [1.54, 1.807) is 0 Å². The number of hydrogen-bond acceptors (Lipinski definition) is 4. The molecule has 6 heteroatoms. The molecule has 0 aliphatic carbocycles. The summed E-state index contributed by atoms with van der Waals surface area (Å²) < 4.78 is 1.98. The van der Waals surface area contributed by atoms with E-state index in [2.05, 4.69) is 85.7 Å². The molecular formula is C27H39N5O. The quantitative estimate of drug-likeness (QED) is 0.537. The third-order valence-corrected chi connectivity index (χ3v) is 6.46. The average Bonchev–Trinajstić information content (AvgIpc) is 3.24. The first-order valence-electron chi connectivity index (χ1n) is 11.7. The highest BCUT2D eigenvalue weighted by molar-refractivity contribution is 5.93. The molecule has 1 amide bonds. The van der Waals surface area contributed by atoms with Crippen molar-refractivity contribution in [3.8, 4) is 5.69 Å². The van der Waals surface area contributed by atoms with E-state index in [0.29, 0.717) is 0 Å². The SMILES string of the molecule is C.Cc1ccc(-n2cc3c(C)ccc(N4CCC(C(=O)NCCCN(C)C)CC4)c3n2)cc1. The third-order valence-electron chi connectivity index (χ3n) is 6.46. The van der Waals surface area contributed by atoms with Crippen molar-refractivity contribution in [2.75, 3.05) is 45.2 Å². The Kier molecular flexibility index (Phi) is 8.14. The van der Waals surface area contributed by atoms with Crippen molar-refractivity contribution in [1.82, 2.24) is 20.0 Å². The summed E-state index contributed by atoms with van der Waals surface area (Å²) in [7, 11) is 4.12. The van der Waals surface area contributed by atoms with Crippen LogP contribution in [-0.2, 0) is 4.79 Å². The van der Waals surface area contributed by atoms with Crippen LogP contribution in [0.15, 0.2) is 42.6 Å². The zero-order valence-electron chi connectivity index (χ0n) is 19.8. The predicted molar refractivity (Wildman–Crippen MR) is 138 cm³/mol. The monoisotopic (exact) mass is 449 g/mol. The van der Waals surface area contributed by atoms with Gasteiger partial charge in [-0.3, -0.25) is 4.79 Å². The Labute approximate surface area is 198 Å². The number of hydrogen-bond donors (Lipinski definition) is 1. The van der Waals surface area contributed by atoms with Gasteiger partial charge in [0.05, 0.1) is 11.4 Å². The largest absolute Gasteiger partial charge is 0.370 e. The highest BCUT2D eigenvalue weighted by Gasteiger charge is 2.26. The molecule has 6 nitrogen and oxygen atoms in total. The second kappa shape index (κ2) is 10.8. The Hall–Kier alpha value is -2.86. The molecule has 1 aliphatic heterocycles. The fraction of sp³-hybridized carbons (Fsp3) is 0.481. The van der Waals surface area contributed by atoms with Crippen LogP contribution in [0.5, 0.6) is 0 Å². The highest BCUT2D eigenvalue weighted by Crippen LogP contribution is 2.32. The normalized spacial score (nSPS) is 14.5. The summed E-state index contributed by atoms with van der Waals surface area (Å²) in [6.45, 7) is 7.75. The zero-order chi connectivity index (χ0) is 22.7. The maximum atomic E-state index is 12.6. The first-order chi connectivity index (χ1) is 15.4. The number of carbonyl (C=O) groups excluding carboxylic acids is 1. The van der Waals surface area contributed by atoms with Crippen LogP contribution in [0.4, 0.5) is 5.69 Å². The summed E-state index contributed by atoms with van der Waals surface area (Å²) in [5.41, 5.74) is 5.75. The van der Waals surface area contributed by atoms with Gasteiger partial charge in [-0.05, 0) is 77.5 Å². The number of nitrogens with zero attached hydrogens (tertiary/aromatic N) is 4. The second-order valence-electron chi connectivity index (χ2n) is 9.28. The van der Waals surface area contributed by atoms with Gasteiger partial charge in [0, 0.05) is 37.1 Å².